The SMILES string of the molecule is CCCNC(=O)[C@@H]1[C@H]2C(=O)N(CCCCO)C(C(=O)NC3CCCCC3)C23CC(C)[C@@]1(C)O3. The molecule has 3 N–H and O–H groups in total. The molecule has 4 fully saturated rings. The third-order valence-corrected chi connectivity index (χ3v) is 8.65. The second kappa shape index (κ2) is 9.53. The lowest BCUT2D eigenvalue weighted by Gasteiger charge is -2.36. The maximum absolute atomic E-state index is 13.8. The molecule has 6 atom stereocenters. The Bertz CT molecular complexity index is 769. The van der Waals surface area contributed by atoms with Gasteiger partial charge in [-0.2, -0.15) is 0 Å². The number of fused-ring (bicyclic) bond motifs is 1. The quantitative estimate of drug-likeness (QED) is 0.452. The first kappa shape index (κ1) is 24.5. The number of hydrogen-bond acceptors (Lipinski definition) is 5. The van der Waals surface area contributed by atoms with E-state index in [1.54, 1.807) is 4.90 Å². The van der Waals surface area contributed by atoms with Crippen LogP contribution in [-0.4, -0.2) is 70.7 Å². The second-order valence-corrected chi connectivity index (χ2v) is 10.8. The molecule has 0 aromatic rings. The van der Waals surface area contributed by atoms with Crippen LogP contribution in [0.5, 0.6) is 0 Å². The molecule has 3 amide bonds. The fourth-order valence-corrected chi connectivity index (χ4v) is 6.96. The Balaban J connectivity index is 1.67. The summed E-state index contributed by atoms with van der Waals surface area (Å²) in [5, 5.41) is 15.5. The smallest absolute Gasteiger partial charge is 0.246 e. The van der Waals surface area contributed by atoms with Crippen LogP contribution >= 0.6 is 0 Å². The Hall–Kier alpha value is -1.67. The van der Waals surface area contributed by atoms with Crippen molar-refractivity contribution in [3.05, 3.63) is 0 Å². The number of unbranched alkanes of at least 4 members (excludes halogenated alkanes) is 1. The van der Waals surface area contributed by atoms with Crippen LogP contribution in [0.4, 0.5) is 0 Å². The van der Waals surface area contributed by atoms with Gasteiger partial charge in [-0.15, -0.1) is 0 Å². The first-order valence-corrected chi connectivity index (χ1v) is 13.0. The lowest BCUT2D eigenvalue weighted by Crippen LogP contribution is -2.57. The summed E-state index contributed by atoms with van der Waals surface area (Å²) in [7, 11) is 0. The van der Waals surface area contributed by atoms with Gasteiger partial charge in [0.25, 0.3) is 0 Å². The Morgan fingerprint density at radius 1 is 1.18 bits per heavy atom. The summed E-state index contributed by atoms with van der Waals surface area (Å²) in [4.78, 5) is 42.5. The third-order valence-electron chi connectivity index (χ3n) is 8.65. The highest BCUT2D eigenvalue weighted by molar-refractivity contribution is 5.99. The van der Waals surface area contributed by atoms with Crippen LogP contribution in [0.3, 0.4) is 0 Å². The maximum Gasteiger partial charge on any atom is 0.246 e. The molecular weight excluding hydrogens is 422 g/mol. The second-order valence-electron chi connectivity index (χ2n) is 10.8. The number of nitrogens with one attached hydrogen (secondary N) is 2. The van der Waals surface area contributed by atoms with Crippen molar-refractivity contribution in [1.29, 1.82) is 0 Å². The summed E-state index contributed by atoms with van der Waals surface area (Å²) >= 11 is 0. The number of carbonyl (C=O) groups is 3. The molecule has 2 bridgehead atoms. The van der Waals surface area contributed by atoms with Crippen LogP contribution in [0.1, 0.15) is 78.6 Å². The van der Waals surface area contributed by atoms with Gasteiger partial charge in [0.05, 0.1) is 17.4 Å². The fourth-order valence-electron chi connectivity index (χ4n) is 6.96. The molecule has 1 aliphatic carbocycles. The number of rotatable bonds is 9. The molecule has 0 aromatic carbocycles. The standard InChI is InChI=1S/C25H41N3O5/c1-4-12-26-21(30)18-19-23(32)28(13-8-9-14-29)20(22(31)27-17-10-6-5-7-11-17)25(19)15-16(2)24(18,3)33-25/h16-20,29H,4-15H2,1-3H3,(H,26,30)(H,27,31)/t16?,18-,19-,20?,24+,25?/m0/s1. The number of likely N-dealkylation sites (tertiary alicyclic amines) is 1. The average Bonchev–Trinajstić information content (AvgIpc) is 3.30. The summed E-state index contributed by atoms with van der Waals surface area (Å²) in [6.45, 7) is 7.00. The fraction of sp³-hybridized carbons (Fsp3) is 0.880. The van der Waals surface area contributed by atoms with E-state index in [1.165, 1.54) is 6.42 Å². The zero-order valence-corrected chi connectivity index (χ0v) is 20.4. The van der Waals surface area contributed by atoms with E-state index in [4.69, 9.17) is 4.74 Å². The van der Waals surface area contributed by atoms with Crippen molar-refractivity contribution in [2.45, 2.75) is 102 Å². The minimum Gasteiger partial charge on any atom is -0.396 e. The molecule has 186 valence electrons. The van der Waals surface area contributed by atoms with Crippen molar-refractivity contribution in [3.63, 3.8) is 0 Å². The van der Waals surface area contributed by atoms with E-state index in [0.717, 1.165) is 32.1 Å². The van der Waals surface area contributed by atoms with Gasteiger partial charge in [-0.1, -0.05) is 33.1 Å². The van der Waals surface area contributed by atoms with Crippen LogP contribution in [0.25, 0.3) is 0 Å². The average molecular weight is 464 g/mol. The van der Waals surface area contributed by atoms with Crippen molar-refractivity contribution in [3.8, 4) is 0 Å². The predicted molar refractivity (Wildman–Crippen MR) is 123 cm³/mol. The molecule has 33 heavy (non-hydrogen) atoms. The van der Waals surface area contributed by atoms with Crippen molar-refractivity contribution in [2.24, 2.45) is 17.8 Å². The molecule has 8 nitrogen and oxygen atoms in total. The van der Waals surface area contributed by atoms with Gasteiger partial charge in [0.15, 0.2) is 0 Å². The largest absolute Gasteiger partial charge is 0.396 e. The van der Waals surface area contributed by atoms with Gasteiger partial charge in [0.2, 0.25) is 17.7 Å². The molecule has 1 spiro atoms. The van der Waals surface area contributed by atoms with Crippen LogP contribution < -0.4 is 10.6 Å². The molecular formula is C25H41N3O5. The van der Waals surface area contributed by atoms with Crippen molar-refractivity contribution in [2.75, 3.05) is 19.7 Å². The summed E-state index contributed by atoms with van der Waals surface area (Å²) < 4.78 is 6.69. The Labute approximate surface area is 197 Å². The van der Waals surface area contributed by atoms with Gasteiger partial charge in [-0.3, -0.25) is 14.4 Å². The van der Waals surface area contributed by atoms with Crippen molar-refractivity contribution in [1.82, 2.24) is 15.5 Å². The highest BCUT2D eigenvalue weighted by atomic mass is 16.5. The molecule has 3 aliphatic heterocycles. The topological polar surface area (TPSA) is 108 Å². The number of nitrogens with zero attached hydrogens (tertiary/aromatic N) is 1. The molecule has 4 aliphatic rings. The van der Waals surface area contributed by atoms with E-state index in [0.29, 0.717) is 32.4 Å². The molecule has 3 saturated heterocycles. The lowest BCUT2D eigenvalue weighted by molar-refractivity contribution is -0.148. The van der Waals surface area contributed by atoms with Crippen LogP contribution in [0.2, 0.25) is 0 Å². The first-order chi connectivity index (χ1) is 15.8. The molecule has 8 heteroatoms. The van der Waals surface area contributed by atoms with E-state index in [-0.39, 0.29) is 36.3 Å². The number of amides is 3. The normalized spacial score (nSPS) is 37.9. The number of aliphatic hydroxyl groups excluding tert-OH is 1. The van der Waals surface area contributed by atoms with Crippen molar-refractivity contribution >= 4 is 17.7 Å². The van der Waals surface area contributed by atoms with E-state index >= 15 is 0 Å². The van der Waals surface area contributed by atoms with E-state index < -0.39 is 29.1 Å². The van der Waals surface area contributed by atoms with Crippen LogP contribution in [-0.2, 0) is 19.1 Å². The molecule has 3 heterocycles. The van der Waals surface area contributed by atoms with Crippen LogP contribution in [0, 0.1) is 17.8 Å². The van der Waals surface area contributed by atoms with Gasteiger partial charge >= 0.3 is 0 Å². The van der Waals surface area contributed by atoms with Crippen molar-refractivity contribution < 1.29 is 24.2 Å². The third kappa shape index (κ3) is 3.97. The number of hydrogen-bond donors (Lipinski definition) is 3. The Morgan fingerprint density at radius 3 is 2.58 bits per heavy atom. The zero-order valence-electron chi connectivity index (χ0n) is 20.4. The highest BCUT2D eigenvalue weighted by Gasteiger charge is 2.79. The molecule has 4 rings (SSSR count). The number of carbonyl (C=O) groups excluding carboxylic acids is 3. The highest BCUT2D eigenvalue weighted by Crippen LogP contribution is 2.65. The summed E-state index contributed by atoms with van der Waals surface area (Å²) in [5.74, 6) is -1.63. The van der Waals surface area contributed by atoms with Gasteiger partial charge in [-0.05, 0) is 51.4 Å². The molecule has 3 unspecified atom stereocenters. The monoisotopic (exact) mass is 463 g/mol. The van der Waals surface area contributed by atoms with E-state index in [1.807, 2.05) is 13.8 Å². The Morgan fingerprint density at radius 2 is 1.91 bits per heavy atom. The molecule has 0 radical (unpaired) electrons. The summed E-state index contributed by atoms with van der Waals surface area (Å²) in [5.41, 5.74) is -1.74. The first-order valence-electron chi connectivity index (χ1n) is 13.0. The minimum atomic E-state index is -0.975. The maximum atomic E-state index is 13.8. The number of aliphatic hydroxyl groups is 1. The van der Waals surface area contributed by atoms with E-state index in [9.17, 15) is 19.5 Å². The predicted octanol–water partition coefficient (Wildman–Crippen LogP) is 1.74. The molecule has 0 aromatic heterocycles. The Kier molecular flexibility index (Phi) is 7.06. The van der Waals surface area contributed by atoms with Gasteiger partial charge in [0.1, 0.15) is 11.6 Å². The van der Waals surface area contributed by atoms with Gasteiger partial charge in [0, 0.05) is 25.7 Å². The van der Waals surface area contributed by atoms with E-state index in [2.05, 4.69) is 17.6 Å². The molecule has 1 saturated carbocycles. The lowest BCUT2D eigenvalue weighted by atomic mass is 9.62. The zero-order chi connectivity index (χ0) is 23.8. The van der Waals surface area contributed by atoms with Gasteiger partial charge < -0.3 is 25.4 Å². The van der Waals surface area contributed by atoms with Crippen LogP contribution in [0.15, 0.2) is 0 Å². The summed E-state index contributed by atoms with van der Waals surface area (Å²) in [6.07, 6.45) is 7.91. The summed E-state index contributed by atoms with van der Waals surface area (Å²) in [6, 6.07) is -0.602. The minimum absolute atomic E-state index is 0.0448. The van der Waals surface area contributed by atoms with Gasteiger partial charge in [-0.25, -0.2) is 0 Å². The number of ether oxygens (including phenoxy) is 1.